The maximum Gasteiger partial charge on any atom is 0.267 e. The minimum Gasteiger partial charge on any atom is -0.355 e. The molecule has 0 radical (unpaired) electrons. The summed E-state index contributed by atoms with van der Waals surface area (Å²) in [5, 5.41) is 14.8. The van der Waals surface area contributed by atoms with Crippen LogP contribution in [-0.2, 0) is 11.3 Å². The van der Waals surface area contributed by atoms with Crippen LogP contribution in [0, 0.1) is 11.3 Å². The van der Waals surface area contributed by atoms with Crippen molar-refractivity contribution in [3.8, 4) is 6.07 Å². The van der Waals surface area contributed by atoms with Crippen LogP contribution in [0.2, 0.25) is 0 Å². The molecule has 0 unspecified atom stereocenters. The van der Waals surface area contributed by atoms with E-state index in [9.17, 15) is 9.59 Å². The van der Waals surface area contributed by atoms with Gasteiger partial charge in [-0.1, -0.05) is 0 Å². The van der Waals surface area contributed by atoms with Gasteiger partial charge in [-0.2, -0.15) is 10.4 Å². The van der Waals surface area contributed by atoms with Crippen molar-refractivity contribution >= 4 is 5.91 Å². The molecule has 78 valence electrons. The van der Waals surface area contributed by atoms with E-state index in [4.69, 9.17) is 5.26 Å². The molecule has 0 aliphatic rings. The molecule has 0 aliphatic carbocycles. The van der Waals surface area contributed by atoms with E-state index >= 15 is 0 Å². The van der Waals surface area contributed by atoms with Gasteiger partial charge in [-0.15, -0.1) is 0 Å². The molecule has 1 amide bonds. The van der Waals surface area contributed by atoms with E-state index in [0.29, 0.717) is 6.54 Å². The van der Waals surface area contributed by atoms with Crippen molar-refractivity contribution in [1.29, 1.82) is 5.26 Å². The second-order valence-electron chi connectivity index (χ2n) is 2.78. The van der Waals surface area contributed by atoms with E-state index in [2.05, 4.69) is 10.4 Å². The van der Waals surface area contributed by atoms with E-state index < -0.39 is 5.56 Å². The maximum atomic E-state index is 11.2. The van der Waals surface area contributed by atoms with Gasteiger partial charge < -0.3 is 5.32 Å². The first-order valence-electron chi connectivity index (χ1n) is 4.42. The Morgan fingerprint density at radius 3 is 3.00 bits per heavy atom. The smallest absolute Gasteiger partial charge is 0.267 e. The number of likely N-dealkylation sites (N-methyl/N-ethyl adjacent to an activating group) is 1. The summed E-state index contributed by atoms with van der Waals surface area (Å²) in [6.45, 7) is 2.10. The van der Waals surface area contributed by atoms with Gasteiger partial charge in [0.2, 0.25) is 5.91 Å². The van der Waals surface area contributed by atoms with Gasteiger partial charge >= 0.3 is 0 Å². The SMILES string of the molecule is CCNC(=O)Cn1nc(C#N)ccc1=O. The highest BCUT2D eigenvalue weighted by molar-refractivity contribution is 5.75. The van der Waals surface area contributed by atoms with Gasteiger partial charge in [-0.25, -0.2) is 4.68 Å². The first-order valence-corrected chi connectivity index (χ1v) is 4.42. The third-order valence-corrected chi connectivity index (χ3v) is 1.65. The molecule has 0 spiro atoms. The molecule has 0 saturated heterocycles. The molecule has 0 atom stereocenters. The van der Waals surface area contributed by atoms with Gasteiger partial charge in [-0.05, 0) is 13.0 Å². The molecule has 1 aromatic heterocycles. The zero-order valence-corrected chi connectivity index (χ0v) is 8.23. The Kier molecular flexibility index (Phi) is 3.57. The summed E-state index contributed by atoms with van der Waals surface area (Å²) >= 11 is 0. The summed E-state index contributed by atoms with van der Waals surface area (Å²) in [5.41, 5.74) is -0.292. The Morgan fingerprint density at radius 1 is 1.67 bits per heavy atom. The highest BCUT2D eigenvalue weighted by Crippen LogP contribution is 1.86. The van der Waals surface area contributed by atoms with E-state index in [-0.39, 0.29) is 18.1 Å². The van der Waals surface area contributed by atoms with Crippen molar-refractivity contribution < 1.29 is 4.79 Å². The topological polar surface area (TPSA) is 87.8 Å². The number of nitrogens with one attached hydrogen (secondary N) is 1. The van der Waals surface area contributed by atoms with Crippen LogP contribution in [0.25, 0.3) is 0 Å². The molecule has 1 aromatic rings. The van der Waals surface area contributed by atoms with Crippen LogP contribution in [0.4, 0.5) is 0 Å². The lowest BCUT2D eigenvalue weighted by Crippen LogP contribution is -2.33. The van der Waals surface area contributed by atoms with Crippen LogP contribution < -0.4 is 10.9 Å². The molecule has 6 heteroatoms. The molecule has 15 heavy (non-hydrogen) atoms. The highest BCUT2D eigenvalue weighted by atomic mass is 16.2. The predicted molar refractivity (Wildman–Crippen MR) is 51.9 cm³/mol. The zero-order chi connectivity index (χ0) is 11.3. The Morgan fingerprint density at radius 2 is 2.40 bits per heavy atom. The summed E-state index contributed by atoms with van der Waals surface area (Å²) in [6.07, 6.45) is 0. The summed E-state index contributed by atoms with van der Waals surface area (Å²) in [4.78, 5) is 22.4. The molecule has 6 nitrogen and oxygen atoms in total. The monoisotopic (exact) mass is 206 g/mol. The van der Waals surface area contributed by atoms with Gasteiger partial charge in [0.1, 0.15) is 12.6 Å². The third kappa shape index (κ3) is 2.91. The van der Waals surface area contributed by atoms with Crippen molar-refractivity contribution in [3.63, 3.8) is 0 Å². The Balaban J connectivity index is 2.90. The second kappa shape index (κ2) is 4.91. The first kappa shape index (κ1) is 10.9. The quantitative estimate of drug-likeness (QED) is 0.704. The van der Waals surface area contributed by atoms with Crippen LogP contribution in [-0.4, -0.2) is 22.2 Å². The lowest BCUT2D eigenvalue weighted by molar-refractivity contribution is -0.121. The van der Waals surface area contributed by atoms with Crippen molar-refractivity contribution in [2.24, 2.45) is 0 Å². The fraction of sp³-hybridized carbons (Fsp3) is 0.333. The molecular weight excluding hydrogens is 196 g/mol. The molecule has 1 rings (SSSR count). The molecule has 0 bridgehead atoms. The third-order valence-electron chi connectivity index (χ3n) is 1.65. The van der Waals surface area contributed by atoms with Gasteiger partial charge in [0.15, 0.2) is 5.69 Å². The number of nitrogens with zero attached hydrogens (tertiary/aromatic N) is 3. The summed E-state index contributed by atoms with van der Waals surface area (Å²) in [7, 11) is 0. The van der Waals surface area contributed by atoms with Crippen LogP contribution in [0.5, 0.6) is 0 Å². The average molecular weight is 206 g/mol. The lowest BCUT2D eigenvalue weighted by Gasteiger charge is -2.03. The number of carbonyl (C=O) groups excluding carboxylic acids is 1. The van der Waals surface area contributed by atoms with E-state index in [1.807, 2.05) is 0 Å². The van der Waals surface area contributed by atoms with E-state index in [1.54, 1.807) is 13.0 Å². The predicted octanol–water partition coefficient (Wildman–Crippen LogP) is -0.749. The minimum absolute atomic E-state index is 0.110. The van der Waals surface area contributed by atoms with E-state index in [0.717, 1.165) is 4.68 Å². The fourth-order valence-electron chi connectivity index (χ4n) is 1.01. The van der Waals surface area contributed by atoms with Crippen molar-refractivity contribution in [1.82, 2.24) is 15.1 Å². The fourth-order valence-corrected chi connectivity index (χ4v) is 1.01. The molecule has 0 saturated carbocycles. The molecule has 0 fully saturated rings. The lowest BCUT2D eigenvalue weighted by atomic mass is 10.4. The Labute approximate surface area is 86.1 Å². The summed E-state index contributed by atoms with van der Waals surface area (Å²) < 4.78 is 0.962. The average Bonchev–Trinajstić information content (AvgIpc) is 2.21. The molecule has 1 heterocycles. The van der Waals surface area contributed by atoms with E-state index in [1.165, 1.54) is 12.1 Å². The van der Waals surface area contributed by atoms with Crippen LogP contribution >= 0.6 is 0 Å². The first-order chi connectivity index (χ1) is 7.17. The van der Waals surface area contributed by atoms with Gasteiger partial charge in [-0.3, -0.25) is 9.59 Å². The van der Waals surface area contributed by atoms with Crippen LogP contribution in [0.15, 0.2) is 16.9 Å². The number of aromatic nitrogens is 2. The normalized spacial score (nSPS) is 9.33. The number of rotatable bonds is 3. The molecule has 0 aliphatic heterocycles. The van der Waals surface area contributed by atoms with Gasteiger partial charge in [0.25, 0.3) is 5.56 Å². The molecular formula is C9H10N4O2. The number of amides is 1. The van der Waals surface area contributed by atoms with Gasteiger partial charge in [0, 0.05) is 12.6 Å². The number of nitriles is 1. The standard InChI is InChI=1S/C9H10N4O2/c1-2-11-8(14)6-13-9(15)4-3-7(5-10)12-13/h3-4H,2,6H2,1H3,(H,11,14). The Bertz CT molecular complexity index is 458. The van der Waals surface area contributed by atoms with Gasteiger partial charge in [0.05, 0.1) is 0 Å². The molecule has 0 aromatic carbocycles. The Hall–Kier alpha value is -2.16. The van der Waals surface area contributed by atoms with Crippen molar-refractivity contribution in [2.45, 2.75) is 13.5 Å². The number of hydrogen-bond donors (Lipinski definition) is 1. The minimum atomic E-state index is -0.403. The van der Waals surface area contributed by atoms with Crippen LogP contribution in [0.1, 0.15) is 12.6 Å². The number of hydrogen-bond acceptors (Lipinski definition) is 4. The van der Waals surface area contributed by atoms with Crippen molar-refractivity contribution in [3.05, 3.63) is 28.2 Å². The maximum absolute atomic E-state index is 11.2. The molecule has 1 N–H and O–H groups in total. The van der Waals surface area contributed by atoms with Crippen LogP contribution in [0.3, 0.4) is 0 Å². The van der Waals surface area contributed by atoms with Crippen molar-refractivity contribution in [2.75, 3.05) is 6.54 Å². The number of carbonyl (C=O) groups is 1. The largest absolute Gasteiger partial charge is 0.355 e. The zero-order valence-electron chi connectivity index (χ0n) is 8.23. The highest BCUT2D eigenvalue weighted by Gasteiger charge is 2.04. The summed E-state index contributed by atoms with van der Waals surface area (Å²) in [5.74, 6) is -0.304. The summed E-state index contributed by atoms with van der Waals surface area (Å²) in [6, 6.07) is 4.33. The second-order valence-corrected chi connectivity index (χ2v) is 2.78.